The van der Waals surface area contributed by atoms with Gasteiger partial charge < -0.3 is 10.1 Å². The van der Waals surface area contributed by atoms with Gasteiger partial charge in [0.05, 0.1) is 10.6 Å². The average molecular weight is 333 g/mol. The first-order valence-electron chi connectivity index (χ1n) is 5.98. The summed E-state index contributed by atoms with van der Waals surface area (Å²) in [6.07, 6.45) is 2.05. The second-order valence-electron chi connectivity index (χ2n) is 4.40. The molecule has 1 unspecified atom stereocenters. The van der Waals surface area contributed by atoms with Gasteiger partial charge in [-0.1, -0.05) is 27.5 Å². The molecule has 1 aromatic rings. The van der Waals surface area contributed by atoms with Crippen molar-refractivity contribution in [2.24, 2.45) is 5.92 Å². The van der Waals surface area contributed by atoms with Crippen molar-refractivity contribution in [2.75, 3.05) is 19.8 Å². The Labute approximate surface area is 120 Å². The van der Waals surface area contributed by atoms with E-state index in [2.05, 4.69) is 21.2 Å². The molecule has 0 spiro atoms. The van der Waals surface area contributed by atoms with Gasteiger partial charge in [-0.3, -0.25) is 4.79 Å². The molecule has 0 aromatic heterocycles. The summed E-state index contributed by atoms with van der Waals surface area (Å²) >= 11 is 9.33. The zero-order chi connectivity index (χ0) is 13.0. The van der Waals surface area contributed by atoms with Gasteiger partial charge in [0.2, 0.25) is 0 Å². The topological polar surface area (TPSA) is 38.3 Å². The van der Waals surface area contributed by atoms with E-state index in [4.69, 9.17) is 16.3 Å². The van der Waals surface area contributed by atoms with Crippen LogP contribution in [-0.4, -0.2) is 25.7 Å². The Hall–Kier alpha value is -0.580. The first kappa shape index (κ1) is 13.8. The monoisotopic (exact) mass is 331 g/mol. The summed E-state index contributed by atoms with van der Waals surface area (Å²) in [5.74, 6) is 0.448. The van der Waals surface area contributed by atoms with Gasteiger partial charge >= 0.3 is 0 Å². The number of rotatable bonds is 4. The fourth-order valence-corrected chi connectivity index (χ4v) is 2.53. The summed E-state index contributed by atoms with van der Waals surface area (Å²) < 4.78 is 6.14. The van der Waals surface area contributed by atoms with Crippen LogP contribution in [0, 0.1) is 5.92 Å². The van der Waals surface area contributed by atoms with Crippen LogP contribution in [0.4, 0.5) is 0 Å². The lowest BCUT2D eigenvalue weighted by Crippen LogP contribution is -2.26. The Bertz CT molecular complexity index is 433. The summed E-state index contributed by atoms with van der Waals surface area (Å²) in [5.41, 5.74) is 0.508. The van der Waals surface area contributed by atoms with E-state index in [1.54, 1.807) is 12.1 Å². The lowest BCUT2D eigenvalue weighted by molar-refractivity contribution is 0.0950. The first-order valence-corrected chi connectivity index (χ1v) is 7.15. The molecule has 1 aromatic carbocycles. The van der Waals surface area contributed by atoms with Crippen molar-refractivity contribution in [1.82, 2.24) is 5.32 Å². The number of hydrogen-bond acceptors (Lipinski definition) is 2. The minimum absolute atomic E-state index is 0.125. The van der Waals surface area contributed by atoms with Gasteiger partial charge in [-0.25, -0.2) is 0 Å². The van der Waals surface area contributed by atoms with Crippen molar-refractivity contribution >= 4 is 33.4 Å². The number of nitrogens with one attached hydrogen (secondary N) is 1. The van der Waals surface area contributed by atoms with Gasteiger partial charge in [-0.05, 0) is 37.0 Å². The van der Waals surface area contributed by atoms with E-state index < -0.39 is 0 Å². The minimum atomic E-state index is -0.125. The molecule has 1 heterocycles. The standard InChI is InChI=1S/C13H15BrClNO2/c14-10-1-2-12(15)11(7-10)13(17)16-5-3-9-4-6-18-8-9/h1-2,7,9H,3-6,8H2,(H,16,17). The Morgan fingerprint density at radius 3 is 3.11 bits per heavy atom. The van der Waals surface area contributed by atoms with Crippen molar-refractivity contribution in [3.05, 3.63) is 33.3 Å². The van der Waals surface area contributed by atoms with E-state index in [-0.39, 0.29) is 5.91 Å². The maximum absolute atomic E-state index is 11.9. The predicted octanol–water partition coefficient (Wildman–Crippen LogP) is 3.26. The molecule has 98 valence electrons. The highest BCUT2D eigenvalue weighted by Crippen LogP contribution is 2.21. The van der Waals surface area contributed by atoms with Gasteiger partial charge in [-0.2, -0.15) is 0 Å². The summed E-state index contributed by atoms with van der Waals surface area (Å²) in [7, 11) is 0. The molecule has 2 rings (SSSR count). The number of amides is 1. The zero-order valence-corrected chi connectivity index (χ0v) is 12.3. The van der Waals surface area contributed by atoms with Crippen LogP contribution < -0.4 is 5.32 Å². The molecule has 0 bridgehead atoms. The summed E-state index contributed by atoms with van der Waals surface area (Å²) in [6.45, 7) is 2.32. The molecule has 1 saturated heterocycles. The van der Waals surface area contributed by atoms with E-state index in [9.17, 15) is 4.79 Å². The fourth-order valence-electron chi connectivity index (χ4n) is 1.97. The Morgan fingerprint density at radius 2 is 2.39 bits per heavy atom. The Morgan fingerprint density at radius 1 is 1.56 bits per heavy atom. The minimum Gasteiger partial charge on any atom is -0.381 e. The molecular formula is C13H15BrClNO2. The van der Waals surface area contributed by atoms with Crippen molar-refractivity contribution in [1.29, 1.82) is 0 Å². The smallest absolute Gasteiger partial charge is 0.252 e. The van der Waals surface area contributed by atoms with Crippen LogP contribution in [0.25, 0.3) is 0 Å². The highest BCUT2D eigenvalue weighted by Gasteiger charge is 2.16. The Balaban J connectivity index is 1.85. The zero-order valence-electron chi connectivity index (χ0n) is 9.92. The quantitative estimate of drug-likeness (QED) is 0.919. The maximum Gasteiger partial charge on any atom is 0.252 e. The first-order chi connectivity index (χ1) is 8.66. The SMILES string of the molecule is O=C(NCCC1CCOC1)c1cc(Br)ccc1Cl. The van der Waals surface area contributed by atoms with Gasteiger partial charge in [0.25, 0.3) is 5.91 Å². The predicted molar refractivity (Wildman–Crippen MR) is 75.0 cm³/mol. The number of benzene rings is 1. The summed E-state index contributed by atoms with van der Waals surface area (Å²) in [4.78, 5) is 11.9. The molecule has 0 saturated carbocycles. The van der Waals surface area contributed by atoms with Crippen molar-refractivity contribution in [3.8, 4) is 0 Å². The van der Waals surface area contributed by atoms with Crippen molar-refractivity contribution in [3.63, 3.8) is 0 Å². The molecule has 5 heteroatoms. The third-order valence-electron chi connectivity index (χ3n) is 3.04. The van der Waals surface area contributed by atoms with Crippen molar-refractivity contribution < 1.29 is 9.53 Å². The van der Waals surface area contributed by atoms with Crippen LogP contribution in [0.5, 0.6) is 0 Å². The van der Waals surface area contributed by atoms with Crippen LogP contribution in [0.3, 0.4) is 0 Å². The summed E-state index contributed by atoms with van der Waals surface area (Å²) in [6, 6.07) is 5.26. The molecule has 1 atom stereocenters. The largest absolute Gasteiger partial charge is 0.381 e. The van der Waals surface area contributed by atoms with Gasteiger partial charge in [0.1, 0.15) is 0 Å². The van der Waals surface area contributed by atoms with Crippen LogP contribution in [0.2, 0.25) is 5.02 Å². The normalized spacial score (nSPS) is 18.9. The van der Waals surface area contributed by atoms with Crippen LogP contribution in [-0.2, 0) is 4.74 Å². The molecule has 1 aliphatic heterocycles. The van der Waals surface area contributed by atoms with Gasteiger partial charge in [0, 0.05) is 24.2 Å². The van der Waals surface area contributed by atoms with E-state index in [1.165, 1.54) is 0 Å². The lowest BCUT2D eigenvalue weighted by atomic mass is 10.1. The summed E-state index contributed by atoms with van der Waals surface area (Å²) in [5, 5.41) is 3.37. The average Bonchev–Trinajstić information content (AvgIpc) is 2.85. The molecule has 1 N–H and O–H groups in total. The number of carbonyl (C=O) groups excluding carboxylic acids is 1. The van der Waals surface area contributed by atoms with Crippen LogP contribution in [0.1, 0.15) is 23.2 Å². The highest BCUT2D eigenvalue weighted by molar-refractivity contribution is 9.10. The molecule has 3 nitrogen and oxygen atoms in total. The maximum atomic E-state index is 11.9. The van der Waals surface area contributed by atoms with E-state index in [0.717, 1.165) is 30.5 Å². The fraction of sp³-hybridized carbons (Fsp3) is 0.462. The molecule has 1 fully saturated rings. The van der Waals surface area contributed by atoms with E-state index in [1.807, 2.05) is 6.07 Å². The second kappa shape index (κ2) is 6.55. The van der Waals surface area contributed by atoms with Crippen molar-refractivity contribution in [2.45, 2.75) is 12.8 Å². The third kappa shape index (κ3) is 3.70. The number of hydrogen-bond donors (Lipinski definition) is 1. The third-order valence-corrected chi connectivity index (χ3v) is 3.86. The number of halogens is 2. The van der Waals surface area contributed by atoms with E-state index >= 15 is 0 Å². The Kier molecular flexibility index (Phi) is 5.03. The molecule has 1 aliphatic rings. The molecule has 18 heavy (non-hydrogen) atoms. The number of ether oxygens (including phenoxy) is 1. The number of carbonyl (C=O) groups is 1. The molecule has 0 aliphatic carbocycles. The molecule has 1 amide bonds. The lowest BCUT2D eigenvalue weighted by Gasteiger charge is -2.10. The highest BCUT2D eigenvalue weighted by atomic mass is 79.9. The van der Waals surface area contributed by atoms with Gasteiger partial charge in [-0.15, -0.1) is 0 Å². The van der Waals surface area contributed by atoms with Crippen LogP contribution in [0.15, 0.2) is 22.7 Å². The molecular weight excluding hydrogens is 318 g/mol. The van der Waals surface area contributed by atoms with Crippen LogP contribution >= 0.6 is 27.5 Å². The van der Waals surface area contributed by atoms with E-state index in [0.29, 0.717) is 23.0 Å². The second-order valence-corrected chi connectivity index (χ2v) is 5.72. The molecule has 0 radical (unpaired) electrons. The van der Waals surface area contributed by atoms with Gasteiger partial charge in [0.15, 0.2) is 0 Å².